The molecule has 2 aromatic rings. The molecule has 0 saturated heterocycles. The highest BCUT2D eigenvalue weighted by molar-refractivity contribution is 5.98. The summed E-state index contributed by atoms with van der Waals surface area (Å²) in [4.78, 5) is 30.2. The van der Waals surface area contributed by atoms with Crippen LogP contribution < -0.4 is 25.0 Å². The first-order valence-corrected chi connectivity index (χ1v) is 11.7. The van der Waals surface area contributed by atoms with Gasteiger partial charge in [-0.05, 0) is 68.4 Å². The quantitative estimate of drug-likeness (QED) is 0.679. The molecule has 3 aliphatic rings. The second-order valence-corrected chi connectivity index (χ2v) is 9.00. The number of nitrogens with one attached hydrogen (secondary N) is 2. The Labute approximate surface area is 198 Å². The van der Waals surface area contributed by atoms with Crippen LogP contribution in [0.2, 0.25) is 0 Å². The maximum absolute atomic E-state index is 12.5. The molecule has 2 N–H and O–H groups in total. The molecule has 1 aromatic carbocycles. The summed E-state index contributed by atoms with van der Waals surface area (Å²) in [7, 11) is 0. The number of hydrogen-bond donors (Lipinski definition) is 2. The number of nitrogens with zero attached hydrogens (tertiary/aromatic N) is 3. The lowest BCUT2D eigenvalue weighted by atomic mass is 9.84. The zero-order valence-electron chi connectivity index (χ0n) is 18.9. The lowest BCUT2D eigenvalue weighted by molar-refractivity contribution is -0.121. The van der Waals surface area contributed by atoms with Crippen LogP contribution in [0.4, 0.5) is 11.5 Å². The van der Waals surface area contributed by atoms with E-state index in [4.69, 9.17) is 9.47 Å². The van der Waals surface area contributed by atoms with Crippen LogP contribution in [0.15, 0.2) is 30.3 Å². The normalized spacial score (nSPS) is 21.4. The van der Waals surface area contributed by atoms with Gasteiger partial charge in [-0.3, -0.25) is 9.59 Å². The summed E-state index contributed by atoms with van der Waals surface area (Å²) in [5.41, 5.74) is 2.09. The molecule has 9 nitrogen and oxygen atoms in total. The number of ether oxygens (including phenoxy) is 2. The van der Waals surface area contributed by atoms with Crippen molar-refractivity contribution >= 4 is 23.3 Å². The molecule has 3 heterocycles. The largest absolute Gasteiger partial charge is 0.482 e. The van der Waals surface area contributed by atoms with Gasteiger partial charge >= 0.3 is 0 Å². The minimum absolute atomic E-state index is 0.0304. The van der Waals surface area contributed by atoms with E-state index >= 15 is 0 Å². The van der Waals surface area contributed by atoms with Gasteiger partial charge in [0.25, 0.3) is 11.8 Å². The molecule has 1 fully saturated rings. The predicted molar refractivity (Wildman–Crippen MR) is 125 cm³/mol. The van der Waals surface area contributed by atoms with Crippen LogP contribution in [0.3, 0.4) is 0 Å². The number of benzene rings is 1. The highest BCUT2D eigenvalue weighted by Gasteiger charge is 2.28. The Morgan fingerprint density at radius 2 is 1.88 bits per heavy atom. The molecule has 2 amide bonds. The number of rotatable bonds is 6. The summed E-state index contributed by atoms with van der Waals surface area (Å²) in [6.07, 6.45) is 5.27. The number of fused-ring (bicyclic) bond motifs is 2. The molecule has 1 saturated carbocycles. The Morgan fingerprint density at radius 1 is 1.09 bits per heavy atom. The Morgan fingerprint density at radius 3 is 2.71 bits per heavy atom. The van der Waals surface area contributed by atoms with Crippen molar-refractivity contribution in [2.24, 2.45) is 5.92 Å². The van der Waals surface area contributed by atoms with Crippen LogP contribution >= 0.6 is 0 Å². The second kappa shape index (κ2) is 9.69. The first-order chi connectivity index (χ1) is 16.6. The topological polar surface area (TPSA) is 117 Å². The molecular formula is C25H27N5O4. The van der Waals surface area contributed by atoms with E-state index in [1.54, 1.807) is 23.1 Å². The summed E-state index contributed by atoms with van der Waals surface area (Å²) >= 11 is 0. The van der Waals surface area contributed by atoms with Crippen molar-refractivity contribution in [2.45, 2.75) is 44.7 Å². The maximum atomic E-state index is 12.5. The van der Waals surface area contributed by atoms with Crippen molar-refractivity contribution < 1.29 is 19.1 Å². The van der Waals surface area contributed by atoms with Gasteiger partial charge in [0.2, 0.25) is 0 Å². The van der Waals surface area contributed by atoms with E-state index in [0.717, 1.165) is 37.8 Å². The lowest BCUT2D eigenvalue weighted by Gasteiger charge is -2.33. The van der Waals surface area contributed by atoms with E-state index in [1.807, 2.05) is 12.1 Å². The van der Waals surface area contributed by atoms with Crippen LogP contribution in [0.5, 0.6) is 11.5 Å². The van der Waals surface area contributed by atoms with Crippen molar-refractivity contribution in [1.29, 1.82) is 5.26 Å². The van der Waals surface area contributed by atoms with E-state index in [-0.39, 0.29) is 25.0 Å². The number of pyridine rings is 1. The Kier molecular flexibility index (Phi) is 6.32. The third-order valence-electron chi connectivity index (χ3n) is 6.74. The lowest BCUT2D eigenvalue weighted by Crippen LogP contribution is -2.40. The SMILES string of the molecule is N#Cc1ccc2c(c1)N(CCC1CCC(NCc3ccc4c(n3)NC(=O)CO4)CC1)C(=O)CO2. The first-order valence-electron chi connectivity index (χ1n) is 11.7. The van der Waals surface area contributed by atoms with Crippen molar-refractivity contribution in [1.82, 2.24) is 10.3 Å². The van der Waals surface area contributed by atoms with Gasteiger partial charge in [-0.25, -0.2) is 4.98 Å². The van der Waals surface area contributed by atoms with Crippen LogP contribution in [0, 0.1) is 17.2 Å². The number of nitriles is 1. The van der Waals surface area contributed by atoms with E-state index in [9.17, 15) is 14.9 Å². The number of amides is 2. The molecule has 5 rings (SSSR count). The van der Waals surface area contributed by atoms with Gasteiger partial charge in [0.1, 0.15) is 5.75 Å². The van der Waals surface area contributed by atoms with Gasteiger partial charge in [0.05, 0.1) is 23.0 Å². The van der Waals surface area contributed by atoms with E-state index in [0.29, 0.717) is 53.6 Å². The van der Waals surface area contributed by atoms with Gasteiger partial charge < -0.3 is 25.0 Å². The Hall–Kier alpha value is -3.64. The summed E-state index contributed by atoms with van der Waals surface area (Å²) in [5.74, 6) is 2.07. The number of aromatic nitrogens is 1. The fraction of sp³-hybridized carbons (Fsp3) is 0.440. The highest BCUT2D eigenvalue weighted by atomic mass is 16.5. The fourth-order valence-corrected chi connectivity index (χ4v) is 4.84. The molecule has 2 aliphatic heterocycles. The number of anilines is 2. The van der Waals surface area contributed by atoms with Crippen LogP contribution in [0.1, 0.15) is 43.4 Å². The number of carbonyl (C=O) groups excluding carboxylic acids is 2. The fourth-order valence-electron chi connectivity index (χ4n) is 4.84. The van der Waals surface area contributed by atoms with Gasteiger partial charge in [-0.1, -0.05) is 0 Å². The summed E-state index contributed by atoms with van der Waals surface area (Å²) in [6, 6.07) is 11.5. The highest BCUT2D eigenvalue weighted by Crippen LogP contribution is 2.34. The first kappa shape index (κ1) is 22.2. The van der Waals surface area contributed by atoms with Crippen molar-refractivity contribution in [3.8, 4) is 17.6 Å². The van der Waals surface area contributed by atoms with Gasteiger partial charge in [-0.2, -0.15) is 5.26 Å². The molecule has 0 bridgehead atoms. The molecule has 9 heteroatoms. The van der Waals surface area contributed by atoms with E-state index < -0.39 is 0 Å². The van der Waals surface area contributed by atoms with Crippen molar-refractivity contribution in [2.75, 3.05) is 30.0 Å². The molecule has 1 aromatic heterocycles. The van der Waals surface area contributed by atoms with Crippen molar-refractivity contribution in [3.05, 3.63) is 41.6 Å². The Bertz CT molecular complexity index is 1140. The number of carbonyl (C=O) groups is 2. The van der Waals surface area contributed by atoms with E-state index in [1.165, 1.54) is 0 Å². The standard InChI is InChI=1S/C25H27N5O4/c26-12-17-3-7-21-20(11-17)30(24(32)15-34-21)10-9-16-1-4-18(5-2-16)27-13-19-6-8-22-25(28-19)29-23(31)14-33-22/h3,6-8,11,16,18,27H,1-2,4-5,9-10,13-15H2,(H,28,29,31). The number of hydrogen-bond acceptors (Lipinski definition) is 7. The van der Waals surface area contributed by atoms with Gasteiger partial charge in [0, 0.05) is 19.1 Å². The molecule has 0 unspecified atom stereocenters. The third-order valence-corrected chi connectivity index (χ3v) is 6.74. The van der Waals surface area contributed by atoms with Crippen molar-refractivity contribution in [3.63, 3.8) is 0 Å². The third kappa shape index (κ3) is 4.82. The predicted octanol–water partition coefficient (Wildman–Crippen LogP) is 2.75. The molecule has 1 aliphatic carbocycles. The zero-order valence-corrected chi connectivity index (χ0v) is 18.9. The summed E-state index contributed by atoms with van der Waals surface area (Å²) in [5, 5.41) is 15.5. The smallest absolute Gasteiger partial charge is 0.265 e. The van der Waals surface area contributed by atoms with Crippen LogP contribution in [-0.4, -0.2) is 42.6 Å². The zero-order chi connectivity index (χ0) is 23.5. The molecular weight excluding hydrogens is 434 g/mol. The van der Waals surface area contributed by atoms with Gasteiger partial charge in [0.15, 0.2) is 24.8 Å². The molecule has 0 atom stereocenters. The Balaban J connectivity index is 1.10. The van der Waals surface area contributed by atoms with E-state index in [2.05, 4.69) is 21.7 Å². The molecule has 0 spiro atoms. The average Bonchev–Trinajstić information content (AvgIpc) is 2.87. The second-order valence-electron chi connectivity index (χ2n) is 9.00. The maximum Gasteiger partial charge on any atom is 0.265 e. The van der Waals surface area contributed by atoms with Gasteiger partial charge in [-0.15, -0.1) is 0 Å². The summed E-state index contributed by atoms with van der Waals surface area (Å²) < 4.78 is 10.9. The van der Waals surface area contributed by atoms with Crippen LogP contribution in [0.25, 0.3) is 0 Å². The minimum atomic E-state index is -0.184. The van der Waals surface area contributed by atoms with Crippen LogP contribution in [-0.2, 0) is 16.1 Å². The average molecular weight is 462 g/mol. The monoisotopic (exact) mass is 461 g/mol. The summed E-state index contributed by atoms with van der Waals surface area (Å²) in [6.45, 7) is 1.35. The molecule has 34 heavy (non-hydrogen) atoms. The molecule has 0 radical (unpaired) electrons. The molecule has 176 valence electrons. The minimum Gasteiger partial charge on any atom is -0.482 e.